The first kappa shape index (κ1) is 10.3. The van der Waals surface area contributed by atoms with Crippen molar-refractivity contribution in [3.63, 3.8) is 0 Å². The second-order valence-corrected chi connectivity index (χ2v) is 3.17. The maximum absolute atomic E-state index is 12.8. The summed E-state index contributed by atoms with van der Waals surface area (Å²) in [5.74, 6) is -1.40. The van der Waals surface area contributed by atoms with Gasteiger partial charge in [0.05, 0.1) is 0 Å². The standard InChI is InChI=1S/C9H10F2OS/c10-7-4-6(2-1-3-13)9(12)8(11)5-7/h4-5,12-13H,1-3H2. The minimum absolute atomic E-state index is 0.298. The Kier molecular flexibility index (Phi) is 3.54. The molecule has 1 nitrogen and oxygen atoms in total. The number of benzene rings is 1. The van der Waals surface area contributed by atoms with Crippen LogP contribution in [0.2, 0.25) is 0 Å². The molecule has 4 heteroatoms. The zero-order valence-corrected chi connectivity index (χ0v) is 7.82. The molecule has 0 saturated carbocycles. The molecule has 0 aliphatic heterocycles. The van der Waals surface area contributed by atoms with Crippen molar-refractivity contribution in [1.29, 1.82) is 0 Å². The summed E-state index contributed by atoms with van der Waals surface area (Å²) < 4.78 is 25.4. The molecule has 0 aliphatic carbocycles. The second kappa shape index (κ2) is 4.46. The lowest BCUT2D eigenvalue weighted by Crippen LogP contribution is -1.92. The second-order valence-electron chi connectivity index (χ2n) is 2.72. The van der Waals surface area contributed by atoms with Crippen LogP contribution in [-0.2, 0) is 6.42 Å². The third kappa shape index (κ3) is 2.59. The van der Waals surface area contributed by atoms with Gasteiger partial charge in [-0.3, -0.25) is 0 Å². The molecule has 0 heterocycles. The number of halogens is 2. The highest BCUT2D eigenvalue weighted by molar-refractivity contribution is 7.80. The summed E-state index contributed by atoms with van der Waals surface area (Å²) in [6.45, 7) is 0. The van der Waals surface area contributed by atoms with Gasteiger partial charge >= 0.3 is 0 Å². The third-order valence-electron chi connectivity index (χ3n) is 1.71. The Morgan fingerprint density at radius 1 is 1.31 bits per heavy atom. The van der Waals surface area contributed by atoms with Crippen molar-refractivity contribution in [2.24, 2.45) is 0 Å². The first-order valence-corrected chi connectivity index (χ1v) is 4.56. The van der Waals surface area contributed by atoms with Crippen molar-refractivity contribution in [2.45, 2.75) is 12.8 Å². The van der Waals surface area contributed by atoms with Crippen molar-refractivity contribution in [1.82, 2.24) is 0 Å². The summed E-state index contributed by atoms with van der Waals surface area (Å²) in [5.41, 5.74) is 0.298. The van der Waals surface area contributed by atoms with Gasteiger partial charge < -0.3 is 5.11 Å². The van der Waals surface area contributed by atoms with Gasteiger partial charge in [-0.2, -0.15) is 12.6 Å². The van der Waals surface area contributed by atoms with E-state index >= 15 is 0 Å². The topological polar surface area (TPSA) is 20.2 Å². The van der Waals surface area contributed by atoms with E-state index in [-0.39, 0.29) is 0 Å². The molecule has 0 spiro atoms. The summed E-state index contributed by atoms with van der Waals surface area (Å²) in [4.78, 5) is 0. The highest BCUT2D eigenvalue weighted by Gasteiger charge is 2.08. The lowest BCUT2D eigenvalue weighted by Gasteiger charge is -2.04. The Balaban J connectivity index is 2.92. The SMILES string of the molecule is Oc1c(F)cc(F)cc1CCCS. The average Bonchev–Trinajstić information content (AvgIpc) is 2.09. The third-order valence-corrected chi connectivity index (χ3v) is 2.03. The molecule has 0 fully saturated rings. The van der Waals surface area contributed by atoms with Gasteiger partial charge in [0.15, 0.2) is 11.6 Å². The van der Waals surface area contributed by atoms with Crippen LogP contribution in [0.4, 0.5) is 8.78 Å². The van der Waals surface area contributed by atoms with Crippen LogP contribution >= 0.6 is 12.6 Å². The predicted molar refractivity (Wildman–Crippen MR) is 50.2 cm³/mol. The minimum atomic E-state index is -0.908. The fourth-order valence-corrected chi connectivity index (χ4v) is 1.24. The molecule has 1 rings (SSSR count). The van der Waals surface area contributed by atoms with E-state index in [1.165, 1.54) is 0 Å². The van der Waals surface area contributed by atoms with E-state index in [1.54, 1.807) is 0 Å². The average molecular weight is 204 g/mol. The van der Waals surface area contributed by atoms with Crippen LogP contribution < -0.4 is 0 Å². The molecule has 1 N–H and O–H groups in total. The Hall–Kier alpha value is -0.770. The van der Waals surface area contributed by atoms with E-state index in [0.29, 0.717) is 30.2 Å². The Morgan fingerprint density at radius 2 is 2.00 bits per heavy atom. The van der Waals surface area contributed by atoms with Crippen LogP contribution in [0, 0.1) is 11.6 Å². The van der Waals surface area contributed by atoms with Crippen molar-refractivity contribution in [3.05, 3.63) is 29.3 Å². The van der Waals surface area contributed by atoms with E-state index in [4.69, 9.17) is 0 Å². The van der Waals surface area contributed by atoms with Gasteiger partial charge in [0, 0.05) is 6.07 Å². The number of aryl methyl sites for hydroxylation is 1. The molecular formula is C9H10F2OS. The fraction of sp³-hybridized carbons (Fsp3) is 0.333. The maximum atomic E-state index is 12.8. The Morgan fingerprint density at radius 3 is 2.62 bits per heavy atom. The van der Waals surface area contributed by atoms with Gasteiger partial charge in [0.2, 0.25) is 0 Å². The van der Waals surface area contributed by atoms with Gasteiger partial charge in [-0.25, -0.2) is 8.78 Å². The van der Waals surface area contributed by atoms with Crippen LogP contribution in [0.3, 0.4) is 0 Å². The van der Waals surface area contributed by atoms with E-state index in [2.05, 4.69) is 12.6 Å². The summed E-state index contributed by atoms with van der Waals surface area (Å²) in [6.07, 6.45) is 1.11. The van der Waals surface area contributed by atoms with E-state index < -0.39 is 17.4 Å². The molecule has 0 aromatic heterocycles. The zero-order chi connectivity index (χ0) is 9.84. The van der Waals surface area contributed by atoms with Crippen LogP contribution in [-0.4, -0.2) is 10.9 Å². The molecule has 0 saturated heterocycles. The van der Waals surface area contributed by atoms with Gasteiger partial charge in [-0.15, -0.1) is 0 Å². The summed E-state index contributed by atoms with van der Waals surface area (Å²) in [7, 11) is 0. The lowest BCUT2D eigenvalue weighted by atomic mass is 10.1. The molecule has 0 radical (unpaired) electrons. The Bertz CT molecular complexity index is 302. The number of hydrogen-bond donors (Lipinski definition) is 2. The maximum Gasteiger partial charge on any atom is 0.168 e. The zero-order valence-electron chi connectivity index (χ0n) is 6.93. The number of phenols is 1. The molecule has 0 atom stereocenters. The number of aromatic hydroxyl groups is 1. The van der Waals surface area contributed by atoms with Crippen LogP contribution in [0.25, 0.3) is 0 Å². The Labute approximate surface area is 80.8 Å². The highest BCUT2D eigenvalue weighted by atomic mass is 32.1. The highest BCUT2D eigenvalue weighted by Crippen LogP contribution is 2.23. The molecular weight excluding hydrogens is 194 g/mol. The van der Waals surface area contributed by atoms with Gasteiger partial charge in [-0.05, 0) is 30.2 Å². The van der Waals surface area contributed by atoms with Gasteiger partial charge in [-0.1, -0.05) is 0 Å². The van der Waals surface area contributed by atoms with Crippen molar-refractivity contribution in [2.75, 3.05) is 5.75 Å². The van der Waals surface area contributed by atoms with Crippen LogP contribution in [0.1, 0.15) is 12.0 Å². The van der Waals surface area contributed by atoms with Gasteiger partial charge in [0.1, 0.15) is 5.82 Å². The molecule has 13 heavy (non-hydrogen) atoms. The number of hydrogen-bond acceptors (Lipinski definition) is 2. The van der Waals surface area contributed by atoms with E-state index in [0.717, 1.165) is 6.07 Å². The fourth-order valence-electron chi connectivity index (χ4n) is 1.08. The van der Waals surface area contributed by atoms with Crippen LogP contribution in [0.5, 0.6) is 5.75 Å². The molecule has 0 bridgehead atoms. The van der Waals surface area contributed by atoms with Crippen molar-refractivity contribution in [3.8, 4) is 5.75 Å². The monoisotopic (exact) mass is 204 g/mol. The van der Waals surface area contributed by atoms with Crippen molar-refractivity contribution < 1.29 is 13.9 Å². The quantitative estimate of drug-likeness (QED) is 0.725. The summed E-state index contributed by atoms with van der Waals surface area (Å²) in [6, 6.07) is 1.81. The molecule has 0 amide bonds. The number of rotatable bonds is 3. The first-order chi connectivity index (χ1) is 6.15. The molecule has 1 aromatic rings. The number of thiol groups is 1. The summed E-state index contributed by atoms with van der Waals surface area (Å²) in [5, 5.41) is 9.18. The smallest absolute Gasteiger partial charge is 0.168 e. The lowest BCUT2D eigenvalue weighted by molar-refractivity contribution is 0.420. The molecule has 72 valence electrons. The first-order valence-electron chi connectivity index (χ1n) is 3.93. The minimum Gasteiger partial charge on any atom is -0.505 e. The number of phenolic OH excluding ortho intramolecular Hbond substituents is 1. The van der Waals surface area contributed by atoms with E-state index in [9.17, 15) is 13.9 Å². The van der Waals surface area contributed by atoms with Crippen molar-refractivity contribution >= 4 is 12.6 Å². The predicted octanol–water partition coefficient (Wildman–Crippen LogP) is 2.53. The normalized spacial score (nSPS) is 10.4. The van der Waals surface area contributed by atoms with E-state index in [1.807, 2.05) is 0 Å². The molecule has 0 unspecified atom stereocenters. The van der Waals surface area contributed by atoms with Gasteiger partial charge in [0.25, 0.3) is 0 Å². The summed E-state index contributed by atoms with van der Waals surface area (Å²) >= 11 is 3.97. The van der Waals surface area contributed by atoms with Crippen LogP contribution in [0.15, 0.2) is 12.1 Å². The molecule has 0 aliphatic rings. The largest absolute Gasteiger partial charge is 0.505 e. The molecule has 1 aromatic carbocycles.